The molecule has 0 aromatic heterocycles. The molecule has 0 aliphatic rings. The standard InChI is InChI=1S/C18H22BrNO/c1-5-20-14(4)16-8-6-7-9-17(16)21-15-10-12(2)18(19)13(3)11-15/h6-11,14,20H,5H2,1-4H3. The van der Waals surface area contributed by atoms with Crippen LogP contribution in [0.3, 0.4) is 0 Å². The second kappa shape index (κ2) is 7.10. The fourth-order valence-corrected chi connectivity index (χ4v) is 2.67. The van der Waals surface area contributed by atoms with E-state index in [4.69, 9.17) is 4.74 Å². The van der Waals surface area contributed by atoms with E-state index in [1.807, 2.05) is 18.2 Å². The third kappa shape index (κ3) is 3.86. The first-order valence-corrected chi connectivity index (χ1v) is 8.09. The molecule has 0 aliphatic heterocycles. The molecule has 0 bridgehead atoms. The highest BCUT2D eigenvalue weighted by Gasteiger charge is 2.12. The molecule has 2 rings (SSSR count). The molecule has 3 heteroatoms. The number of para-hydroxylation sites is 1. The average Bonchev–Trinajstić information content (AvgIpc) is 2.45. The van der Waals surface area contributed by atoms with Crippen LogP contribution in [0.5, 0.6) is 11.5 Å². The van der Waals surface area contributed by atoms with Gasteiger partial charge in [-0.15, -0.1) is 0 Å². The molecule has 0 spiro atoms. The van der Waals surface area contributed by atoms with Crippen LogP contribution < -0.4 is 10.1 Å². The number of hydrogen-bond acceptors (Lipinski definition) is 2. The molecule has 0 amide bonds. The molecule has 2 nitrogen and oxygen atoms in total. The number of hydrogen-bond donors (Lipinski definition) is 1. The van der Waals surface area contributed by atoms with Gasteiger partial charge < -0.3 is 10.1 Å². The molecular weight excluding hydrogens is 326 g/mol. The summed E-state index contributed by atoms with van der Waals surface area (Å²) in [4.78, 5) is 0. The van der Waals surface area contributed by atoms with E-state index in [2.05, 4.69) is 67.1 Å². The Labute approximate surface area is 135 Å². The summed E-state index contributed by atoms with van der Waals surface area (Å²) in [7, 11) is 0. The Morgan fingerprint density at radius 1 is 1.14 bits per heavy atom. The van der Waals surface area contributed by atoms with Gasteiger partial charge in [-0.2, -0.15) is 0 Å². The number of nitrogens with one attached hydrogen (secondary N) is 1. The van der Waals surface area contributed by atoms with Crippen molar-refractivity contribution in [1.82, 2.24) is 5.32 Å². The molecular formula is C18H22BrNO. The first kappa shape index (κ1) is 16.1. The van der Waals surface area contributed by atoms with Gasteiger partial charge in [-0.05, 0) is 56.6 Å². The number of halogens is 1. The predicted octanol–water partition coefficient (Wildman–Crippen LogP) is 5.53. The van der Waals surface area contributed by atoms with Gasteiger partial charge in [-0.1, -0.05) is 41.1 Å². The minimum Gasteiger partial charge on any atom is -0.457 e. The molecule has 1 N–H and O–H groups in total. The van der Waals surface area contributed by atoms with Gasteiger partial charge in [-0.25, -0.2) is 0 Å². The Bertz CT molecular complexity index is 601. The quantitative estimate of drug-likeness (QED) is 0.767. The minimum atomic E-state index is 0.267. The van der Waals surface area contributed by atoms with Crippen molar-refractivity contribution in [2.45, 2.75) is 33.7 Å². The molecule has 2 aromatic carbocycles. The lowest BCUT2D eigenvalue weighted by molar-refractivity contribution is 0.462. The van der Waals surface area contributed by atoms with Crippen LogP contribution in [0, 0.1) is 13.8 Å². The van der Waals surface area contributed by atoms with E-state index < -0.39 is 0 Å². The zero-order chi connectivity index (χ0) is 15.4. The summed E-state index contributed by atoms with van der Waals surface area (Å²) in [6, 6.07) is 12.6. The summed E-state index contributed by atoms with van der Waals surface area (Å²) in [5.74, 6) is 1.79. The van der Waals surface area contributed by atoms with Crippen LogP contribution in [-0.2, 0) is 0 Å². The monoisotopic (exact) mass is 347 g/mol. The van der Waals surface area contributed by atoms with Gasteiger partial charge in [0.2, 0.25) is 0 Å². The maximum Gasteiger partial charge on any atom is 0.132 e. The van der Waals surface area contributed by atoms with Crippen molar-refractivity contribution < 1.29 is 4.74 Å². The highest BCUT2D eigenvalue weighted by molar-refractivity contribution is 9.10. The van der Waals surface area contributed by atoms with E-state index in [1.165, 1.54) is 16.7 Å². The zero-order valence-corrected chi connectivity index (χ0v) is 14.6. The van der Waals surface area contributed by atoms with Crippen LogP contribution in [0.25, 0.3) is 0 Å². The van der Waals surface area contributed by atoms with E-state index >= 15 is 0 Å². The molecule has 0 saturated heterocycles. The Morgan fingerprint density at radius 2 is 1.76 bits per heavy atom. The lowest BCUT2D eigenvalue weighted by Gasteiger charge is -2.18. The van der Waals surface area contributed by atoms with Crippen molar-refractivity contribution in [3.8, 4) is 11.5 Å². The smallest absolute Gasteiger partial charge is 0.132 e. The summed E-state index contributed by atoms with van der Waals surface area (Å²) >= 11 is 3.59. The highest BCUT2D eigenvalue weighted by Crippen LogP contribution is 2.32. The summed E-state index contributed by atoms with van der Waals surface area (Å²) in [5, 5.41) is 3.43. The number of aryl methyl sites for hydroxylation is 2. The largest absolute Gasteiger partial charge is 0.457 e. The molecule has 112 valence electrons. The van der Waals surface area contributed by atoms with Crippen LogP contribution in [0.15, 0.2) is 40.9 Å². The second-order valence-corrected chi connectivity index (χ2v) is 6.08. The van der Waals surface area contributed by atoms with Gasteiger partial charge in [0.1, 0.15) is 11.5 Å². The summed E-state index contributed by atoms with van der Waals surface area (Å²) in [6.07, 6.45) is 0. The van der Waals surface area contributed by atoms with Crippen molar-refractivity contribution in [3.05, 3.63) is 57.6 Å². The Balaban J connectivity index is 2.32. The van der Waals surface area contributed by atoms with Crippen LogP contribution >= 0.6 is 15.9 Å². The van der Waals surface area contributed by atoms with Crippen LogP contribution in [0.4, 0.5) is 0 Å². The van der Waals surface area contributed by atoms with Crippen molar-refractivity contribution in [2.75, 3.05) is 6.54 Å². The van der Waals surface area contributed by atoms with Gasteiger partial charge in [0.25, 0.3) is 0 Å². The third-order valence-corrected chi connectivity index (χ3v) is 4.78. The van der Waals surface area contributed by atoms with E-state index in [1.54, 1.807) is 0 Å². The van der Waals surface area contributed by atoms with Crippen molar-refractivity contribution in [2.24, 2.45) is 0 Å². The van der Waals surface area contributed by atoms with E-state index in [-0.39, 0.29) is 6.04 Å². The van der Waals surface area contributed by atoms with E-state index in [0.29, 0.717) is 0 Å². The molecule has 0 heterocycles. The van der Waals surface area contributed by atoms with Gasteiger partial charge in [-0.3, -0.25) is 0 Å². The molecule has 1 atom stereocenters. The summed E-state index contributed by atoms with van der Waals surface area (Å²) in [6.45, 7) is 9.37. The van der Waals surface area contributed by atoms with Gasteiger partial charge in [0.05, 0.1) is 0 Å². The van der Waals surface area contributed by atoms with Crippen LogP contribution in [-0.4, -0.2) is 6.54 Å². The molecule has 0 saturated carbocycles. The van der Waals surface area contributed by atoms with Crippen molar-refractivity contribution in [3.63, 3.8) is 0 Å². The van der Waals surface area contributed by atoms with Gasteiger partial charge in [0.15, 0.2) is 0 Å². The molecule has 0 radical (unpaired) electrons. The van der Waals surface area contributed by atoms with Crippen molar-refractivity contribution in [1.29, 1.82) is 0 Å². The summed E-state index contributed by atoms with van der Waals surface area (Å²) in [5.41, 5.74) is 3.54. The summed E-state index contributed by atoms with van der Waals surface area (Å²) < 4.78 is 7.28. The molecule has 0 aliphatic carbocycles. The number of benzene rings is 2. The molecule has 2 aromatic rings. The van der Waals surface area contributed by atoms with Gasteiger partial charge in [0, 0.05) is 16.1 Å². The zero-order valence-electron chi connectivity index (χ0n) is 13.0. The van der Waals surface area contributed by atoms with E-state index in [0.717, 1.165) is 22.5 Å². The predicted molar refractivity (Wildman–Crippen MR) is 92.2 cm³/mol. The average molecular weight is 348 g/mol. The lowest BCUT2D eigenvalue weighted by atomic mass is 10.1. The molecule has 1 unspecified atom stereocenters. The first-order chi connectivity index (χ1) is 10.0. The second-order valence-electron chi connectivity index (χ2n) is 5.29. The fourth-order valence-electron chi connectivity index (χ4n) is 2.44. The molecule has 0 fully saturated rings. The van der Waals surface area contributed by atoms with Gasteiger partial charge >= 0.3 is 0 Å². The maximum atomic E-state index is 6.13. The maximum absolute atomic E-state index is 6.13. The molecule has 21 heavy (non-hydrogen) atoms. The Hall–Kier alpha value is -1.32. The Morgan fingerprint density at radius 3 is 2.38 bits per heavy atom. The topological polar surface area (TPSA) is 21.3 Å². The SMILES string of the molecule is CCNC(C)c1ccccc1Oc1cc(C)c(Br)c(C)c1. The number of ether oxygens (including phenoxy) is 1. The fraction of sp³-hybridized carbons (Fsp3) is 0.333. The highest BCUT2D eigenvalue weighted by atomic mass is 79.9. The van der Waals surface area contributed by atoms with Crippen LogP contribution in [0.1, 0.15) is 36.6 Å². The van der Waals surface area contributed by atoms with E-state index in [9.17, 15) is 0 Å². The minimum absolute atomic E-state index is 0.267. The lowest BCUT2D eigenvalue weighted by Crippen LogP contribution is -2.18. The third-order valence-electron chi connectivity index (χ3n) is 3.53. The van der Waals surface area contributed by atoms with Crippen molar-refractivity contribution >= 4 is 15.9 Å². The first-order valence-electron chi connectivity index (χ1n) is 7.29. The normalized spacial score (nSPS) is 12.2. The Kier molecular flexibility index (Phi) is 5.43. The van der Waals surface area contributed by atoms with Crippen LogP contribution in [0.2, 0.25) is 0 Å². The number of rotatable bonds is 5.